The van der Waals surface area contributed by atoms with E-state index >= 15 is 0 Å². The zero-order chi connectivity index (χ0) is 18.1. The normalized spacial score (nSPS) is 10.5. The molecule has 132 valence electrons. The molecule has 0 atom stereocenters. The first kappa shape index (κ1) is 18.7. The van der Waals surface area contributed by atoms with Crippen molar-refractivity contribution in [3.8, 4) is 11.5 Å². The number of hydrogen-bond donors (Lipinski definition) is 2. The summed E-state index contributed by atoms with van der Waals surface area (Å²) in [5, 5.41) is 7.48. The maximum absolute atomic E-state index is 13.0. The molecule has 0 aliphatic carbocycles. The molecule has 0 aromatic heterocycles. The maximum atomic E-state index is 13.0. The molecular weight excluding hydrogens is 341 g/mol. The second-order valence-corrected chi connectivity index (χ2v) is 5.43. The Balaban J connectivity index is 2.13. The topological polar surface area (TPSA) is 54.9 Å². The van der Waals surface area contributed by atoms with E-state index in [0.717, 1.165) is 11.1 Å². The van der Waals surface area contributed by atoms with Gasteiger partial charge in [0.2, 0.25) is 0 Å². The van der Waals surface area contributed by atoms with E-state index < -0.39 is 0 Å². The molecule has 2 N–H and O–H groups in total. The molecule has 2 rings (SSSR count). The largest absolute Gasteiger partial charge is 0.493 e. The summed E-state index contributed by atoms with van der Waals surface area (Å²) in [6.45, 7) is 2.94. The summed E-state index contributed by atoms with van der Waals surface area (Å²) in [7, 11) is 1.57. The third-order valence-electron chi connectivity index (χ3n) is 3.23. The zero-order valence-electron chi connectivity index (χ0n) is 14.1. The minimum atomic E-state index is -0.281. The lowest BCUT2D eigenvalue weighted by molar-refractivity contribution is 0.284. The molecule has 5 nitrogen and oxygen atoms in total. The van der Waals surface area contributed by atoms with Gasteiger partial charge in [0, 0.05) is 12.1 Å². The minimum Gasteiger partial charge on any atom is -0.493 e. The van der Waals surface area contributed by atoms with Gasteiger partial charge >= 0.3 is 0 Å². The van der Waals surface area contributed by atoms with Crippen LogP contribution in [0.4, 0.5) is 4.39 Å². The molecule has 0 heterocycles. The fourth-order valence-corrected chi connectivity index (χ4v) is 2.24. The van der Waals surface area contributed by atoms with Gasteiger partial charge < -0.3 is 14.8 Å². The number of nitrogens with zero attached hydrogens (tertiary/aromatic N) is 1. The standard InChI is InChI=1S/C18H20FN3O2S/c1-3-20-18(25)22-21-11-14-5-4-6-16(23-2)17(14)24-12-13-7-9-15(19)10-8-13/h4-11H,3,12H2,1-2H3,(H2,20,22,25)/b21-11-. The maximum Gasteiger partial charge on any atom is 0.186 e. The van der Waals surface area contributed by atoms with Crippen LogP contribution in [-0.4, -0.2) is 25.0 Å². The Kier molecular flexibility index (Phi) is 7.16. The van der Waals surface area contributed by atoms with Gasteiger partial charge in [-0.05, 0) is 49.0 Å². The van der Waals surface area contributed by atoms with E-state index in [-0.39, 0.29) is 12.4 Å². The second-order valence-electron chi connectivity index (χ2n) is 5.02. The van der Waals surface area contributed by atoms with Gasteiger partial charge in [0.25, 0.3) is 0 Å². The molecule has 2 aromatic rings. The van der Waals surface area contributed by atoms with Gasteiger partial charge in [0.15, 0.2) is 16.6 Å². The van der Waals surface area contributed by atoms with Gasteiger partial charge in [-0.2, -0.15) is 5.10 Å². The zero-order valence-corrected chi connectivity index (χ0v) is 14.9. The molecule has 0 radical (unpaired) electrons. The molecule has 0 saturated heterocycles. The van der Waals surface area contributed by atoms with E-state index in [1.807, 2.05) is 19.1 Å². The van der Waals surface area contributed by atoms with E-state index in [4.69, 9.17) is 21.7 Å². The van der Waals surface area contributed by atoms with E-state index in [2.05, 4.69) is 15.8 Å². The lowest BCUT2D eigenvalue weighted by Crippen LogP contribution is -2.31. The number of hydrazone groups is 1. The summed E-state index contributed by atoms with van der Waals surface area (Å²) in [4.78, 5) is 0. The van der Waals surface area contributed by atoms with E-state index in [9.17, 15) is 4.39 Å². The Morgan fingerprint density at radius 2 is 2.00 bits per heavy atom. The first-order chi connectivity index (χ1) is 12.1. The Morgan fingerprint density at radius 3 is 2.68 bits per heavy atom. The number of nitrogens with one attached hydrogen (secondary N) is 2. The fraction of sp³-hybridized carbons (Fsp3) is 0.222. The summed E-state index contributed by atoms with van der Waals surface area (Å²) < 4.78 is 24.2. The van der Waals surface area contributed by atoms with Crippen molar-refractivity contribution in [2.45, 2.75) is 13.5 Å². The number of ether oxygens (including phenoxy) is 2. The molecule has 2 aromatic carbocycles. The molecule has 0 aliphatic heterocycles. The van der Waals surface area contributed by atoms with Crippen LogP contribution in [0.15, 0.2) is 47.6 Å². The number of halogens is 1. The van der Waals surface area contributed by atoms with Crippen molar-refractivity contribution in [1.29, 1.82) is 0 Å². The Hall–Kier alpha value is -2.67. The Morgan fingerprint density at radius 1 is 1.24 bits per heavy atom. The molecule has 7 heteroatoms. The van der Waals surface area contributed by atoms with Crippen molar-refractivity contribution in [3.63, 3.8) is 0 Å². The summed E-state index contributed by atoms with van der Waals surface area (Å²) in [5.74, 6) is 0.853. The number of para-hydroxylation sites is 1. The molecule has 0 saturated carbocycles. The fourth-order valence-electron chi connectivity index (χ4n) is 2.05. The van der Waals surface area contributed by atoms with E-state index in [1.165, 1.54) is 12.1 Å². The van der Waals surface area contributed by atoms with Gasteiger partial charge in [-0.25, -0.2) is 4.39 Å². The minimum absolute atomic E-state index is 0.281. The third-order valence-corrected chi connectivity index (χ3v) is 3.47. The molecule has 0 unspecified atom stereocenters. The molecular formula is C18H20FN3O2S. The number of hydrogen-bond acceptors (Lipinski definition) is 4. The van der Waals surface area contributed by atoms with Crippen molar-refractivity contribution >= 4 is 23.5 Å². The van der Waals surface area contributed by atoms with Crippen LogP contribution in [0.2, 0.25) is 0 Å². The van der Waals surface area contributed by atoms with Crippen LogP contribution in [0.1, 0.15) is 18.1 Å². The number of thiocarbonyl (C=S) groups is 1. The third kappa shape index (κ3) is 5.72. The van der Waals surface area contributed by atoms with Crippen LogP contribution >= 0.6 is 12.2 Å². The van der Waals surface area contributed by atoms with Crippen LogP contribution < -0.4 is 20.2 Å². The SMILES string of the molecule is CCNC(=S)N/N=C\c1cccc(OC)c1OCc1ccc(F)cc1. The average molecular weight is 361 g/mol. The Labute approximate surface area is 151 Å². The summed E-state index contributed by atoms with van der Waals surface area (Å²) >= 11 is 5.05. The second kappa shape index (κ2) is 9.58. The van der Waals surface area contributed by atoms with Crippen LogP contribution in [0, 0.1) is 5.82 Å². The highest BCUT2D eigenvalue weighted by Crippen LogP contribution is 2.30. The molecule has 0 aliphatic rings. The summed E-state index contributed by atoms with van der Waals surface area (Å²) in [5.41, 5.74) is 4.31. The van der Waals surface area contributed by atoms with E-state index in [0.29, 0.717) is 23.2 Å². The number of methoxy groups -OCH3 is 1. The van der Waals surface area contributed by atoms with Gasteiger partial charge in [-0.1, -0.05) is 18.2 Å². The predicted molar refractivity (Wildman–Crippen MR) is 101 cm³/mol. The van der Waals surface area contributed by atoms with Gasteiger partial charge in [0.05, 0.1) is 13.3 Å². The molecule has 0 bridgehead atoms. The highest BCUT2D eigenvalue weighted by Gasteiger charge is 2.10. The van der Waals surface area contributed by atoms with Gasteiger partial charge in [-0.15, -0.1) is 0 Å². The lowest BCUT2D eigenvalue weighted by atomic mass is 10.2. The van der Waals surface area contributed by atoms with Crippen LogP contribution in [0.5, 0.6) is 11.5 Å². The van der Waals surface area contributed by atoms with Crippen molar-refractivity contribution in [1.82, 2.24) is 10.7 Å². The molecule has 0 spiro atoms. The highest BCUT2D eigenvalue weighted by atomic mass is 32.1. The van der Waals surface area contributed by atoms with Crippen molar-refractivity contribution < 1.29 is 13.9 Å². The predicted octanol–water partition coefficient (Wildman–Crippen LogP) is 3.23. The molecule has 0 amide bonds. The van der Waals surface area contributed by atoms with E-state index in [1.54, 1.807) is 31.5 Å². The summed E-state index contributed by atoms with van der Waals surface area (Å²) in [6, 6.07) is 11.6. The number of benzene rings is 2. The quantitative estimate of drug-likeness (QED) is 0.450. The van der Waals surface area contributed by atoms with Crippen LogP contribution in [0.25, 0.3) is 0 Å². The first-order valence-corrected chi connectivity index (χ1v) is 8.16. The average Bonchev–Trinajstić information content (AvgIpc) is 2.62. The molecule has 0 fully saturated rings. The Bertz CT molecular complexity index is 736. The first-order valence-electron chi connectivity index (χ1n) is 7.75. The summed E-state index contributed by atoms with van der Waals surface area (Å²) in [6.07, 6.45) is 1.60. The highest BCUT2D eigenvalue weighted by molar-refractivity contribution is 7.80. The van der Waals surface area contributed by atoms with Crippen LogP contribution in [-0.2, 0) is 6.61 Å². The van der Waals surface area contributed by atoms with Gasteiger partial charge in [-0.3, -0.25) is 5.43 Å². The van der Waals surface area contributed by atoms with Crippen molar-refractivity contribution in [2.24, 2.45) is 5.10 Å². The smallest absolute Gasteiger partial charge is 0.186 e. The molecule has 25 heavy (non-hydrogen) atoms. The van der Waals surface area contributed by atoms with Crippen molar-refractivity contribution in [2.75, 3.05) is 13.7 Å². The number of rotatable bonds is 7. The lowest BCUT2D eigenvalue weighted by Gasteiger charge is -2.13. The van der Waals surface area contributed by atoms with Crippen LogP contribution in [0.3, 0.4) is 0 Å². The van der Waals surface area contributed by atoms with Crippen molar-refractivity contribution in [3.05, 3.63) is 59.4 Å². The monoisotopic (exact) mass is 361 g/mol. The van der Waals surface area contributed by atoms with Gasteiger partial charge in [0.1, 0.15) is 12.4 Å².